The Morgan fingerprint density at radius 2 is 1.64 bits per heavy atom. The van der Waals surface area contributed by atoms with Crippen molar-refractivity contribution in [2.75, 3.05) is 43.0 Å². The first kappa shape index (κ1) is 20.3. The summed E-state index contributed by atoms with van der Waals surface area (Å²) in [5.41, 5.74) is 3.01. The summed E-state index contributed by atoms with van der Waals surface area (Å²) < 4.78 is 39.4. The maximum atomic E-state index is 13.0. The van der Waals surface area contributed by atoms with Gasteiger partial charge < -0.3 is 14.4 Å². The lowest BCUT2D eigenvalue weighted by Gasteiger charge is -2.27. The average molecular weight is 407 g/mol. The van der Waals surface area contributed by atoms with Crippen LogP contribution in [0.25, 0.3) is 0 Å². The number of anilines is 2. The van der Waals surface area contributed by atoms with E-state index in [1.54, 1.807) is 40.0 Å². The van der Waals surface area contributed by atoms with E-state index in [4.69, 9.17) is 9.47 Å². The number of ether oxygens (including phenoxy) is 2. The Bertz CT molecular complexity index is 963. The number of aryl methyl sites for hydroxylation is 2. The molecule has 0 radical (unpaired) electrons. The third-order valence-electron chi connectivity index (χ3n) is 4.99. The van der Waals surface area contributed by atoms with E-state index < -0.39 is 10.0 Å². The van der Waals surface area contributed by atoms with E-state index in [9.17, 15) is 8.42 Å². The Labute approximate surface area is 166 Å². The van der Waals surface area contributed by atoms with Gasteiger partial charge >= 0.3 is 0 Å². The highest BCUT2D eigenvalue weighted by Gasteiger charge is 2.23. The van der Waals surface area contributed by atoms with Crippen LogP contribution in [-0.2, 0) is 14.8 Å². The van der Waals surface area contributed by atoms with Crippen LogP contribution in [0.1, 0.15) is 22.5 Å². The molecular weight excluding hydrogens is 380 g/mol. The fourth-order valence-corrected chi connectivity index (χ4v) is 4.70. The summed E-state index contributed by atoms with van der Waals surface area (Å²) >= 11 is 0. The predicted octanol–water partition coefficient (Wildman–Crippen LogP) is 2.36. The van der Waals surface area contributed by atoms with Crippen molar-refractivity contribution in [3.63, 3.8) is 0 Å². The molecule has 0 spiro atoms. The van der Waals surface area contributed by atoms with Gasteiger partial charge in [-0.2, -0.15) is 0 Å². The molecule has 1 aliphatic heterocycles. The van der Waals surface area contributed by atoms with Crippen LogP contribution in [0, 0.1) is 27.7 Å². The van der Waals surface area contributed by atoms with Gasteiger partial charge in [0.05, 0.1) is 42.3 Å². The van der Waals surface area contributed by atoms with Crippen molar-refractivity contribution in [3.05, 3.63) is 34.6 Å². The molecule has 1 fully saturated rings. The van der Waals surface area contributed by atoms with E-state index in [0.29, 0.717) is 60.6 Å². The number of hydrogen-bond donors (Lipinski definition) is 1. The Hall–Kier alpha value is -2.39. The van der Waals surface area contributed by atoms with Crippen LogP contribution in [0.5, 0.6) is 5.75 Å². The first-order valence-corrected chi connectivity index (χ1v) is 10.6. The molecule has 3 rings (SSSR count). The molecule has 1 N–H and O–H groups in total. The minimum Gasteiger partial charge on any atom is -0.496 e. The molecule has 0 atom stereocenters. The Kier molecular flexibility index (Phi) is 5.76. The molecule has 0 aliphatic carbocycles. The maximum Gasteiger partial charge on any atom is 0.262 e. The number of aromatic nitrogens is 2. The van der Waals surface area contributed by atoms with Crippen molar-refractivity contribution in [1.82, 2.24) is 9.97 Å². The van der Waals surface area contributed by atoms with E-state index in [-0.39, 0.29) is 4.90 Å². The Morgan fingerprint density at radius 1 is 1.04 bits per heavy atom. The van der Waals surface area contributed by atoms with Crippen LogP contribution in [0.3, 0.4) is 0 Å². The molecule has 2 aromatic rings. The van der Waals surface area contributed by atoms with E-state index in [2.05, 4.69) is 14.7 Å². The van der Waals surface area contributed by atoms with Gasteiger partial charge in [-0.1, -0.05) is 0 Å². The summed E-state index contributed by atoms with van der Waals surface area (Å²) in [6, 6.07) is 3.21. The van der Waals surface area contributed by atoms with Gasteiger partial charge in [-0.3, -0.25) is 4.72 Å². The molecule has 152 valence electrons. The fraction of sp³-hybridized carbons (Fsp3) is 0.474. The minimum absolute atomic E-state index is 0.210. The Balaban J connectivity index is 1.93. The second kappa shape index (κ2) is 7.92. The minimum atomic E-state index is -3.79. The largest absolute Gasteiger partial charge is 0.496 e. The van der Waals surface area contributed by atoms with E-state index in [0.717, 1.165) is 5.56 Å². The Morgan fingerprint density at radius 3 is 2.21 bits per heavy atom. The van der Waals surface area contributed by atoms with Gasteiger partial charge in [-0.05, 0) is 51.0 Å². The smallest absolute Gasteiger partial charge is 0.262 e. The first-order valence-electron chi connectivity index (χ1n) is 9.09. The third-order valence-corrected chi connectivity index (χ3v) is 6.48. The van der Waals surface area contributed by atoms with Crippen LogP contribution in [-0.4, -0.2) is 51.8 Å². The number of hydrogen-bond acceptors (Lipinski definition) is 7. The monoisotopic (exact) mass is 406 g/mol. The van der Waals surface area contributed by atoms with Crippen LogP contribution in [0.2, 0.25) is 0 Å². The SMILES string of the molecule is COc1ccc(S(=O)(=O)Nc2c(C)nc(N3CCOCC3)nc2C)c(C)c1C. The summed E-state index contributed by atoms with van der Waals surface area (Å²) in [5, 5.41) is 0. The van der Waals surface area contributed by atoms with Gasteiger partial charge in [0, 0.05) is 13.1 Å². The third kappa shape index (κ3) is 3.90. The number of benzene rings is 1. The summed E-state index contributed by atoms with van der Waals surface area (Å²) in [6.07, 6.45) is 0. The van der Waals surface area contributed by atoms with Gasteiger partial charge in [-0.25, -0.2) is 18.4 Å². The van der Waals surface area contributed by atoms with E-state index in [1.165, 1.54) is 0 Å². The molecule has 0 unspecified atom stereocenters. The van der Waals surface area contributed by atoms with Crippen LogP contribution in [0.15, 0.2) is 17.0 Å². The molecule has 2 heterocycles. The van der Waals surface area contributed by atoms with Crippen molar-refractivity contribution < 1.29 is 17.9 Å². The number of sulfonamides is 1. The lowest BCUT2D eigenvalue weighted by Crippen LogP contribution is -2.37. The predicted molar refractivity (Wildman–Crippen MR) is 108 cm³/mol. The average Bonchev–Trinajstić information content (AvgIpc) is 2.67. The zero-order valence-corrected chi connectivity index (χ0v) is 17.7. The van der Waals surface area contributed by atoms with Crippen molar-refractivity contribution in [2.24, 2.45) is 0 Å². The molecule has 9 heteroatoms. The van der Waals surface area contributed by atoms with Gasteiger partial charge in [0.15, 0.2) is 0 Å². The van der Waals surface area contributed by atoms with E-state index in [1.807, 2.05) is 11.8 Å². The maximum absolute atomic E-state index is 13.0. The molecule has 1 aliphatic rings. The number of rotatable bonds is 5. The lowest BCUT2D eigenvalue weighted by molar-refractivity contribution is 0.122. The van der Waals surface area contributed by atoms with Gasteiger partial charge in [0.1, 0.15) is 5.75 Å². The molecule has 1 aromatic carbocycles. The topological polar surface area (TPSA) is 93.7 Å². The van der Waals surface area contributed by atoms with Gasteiger partial charge in [0.25, 0.3) is 10.0 Å². The lowest BCUT2D eigenvalue weighted by atomic mass is 10.1. The van der Waals surface area contributed by atoms with Crippen molar-refractivity contribution in [2.45, 2.75) is 32.6 Å². The molecule has 28 heavy (non-hydrogen) atoms. The van der Waals surface area contributed by atoms with Crippen LogP contribution >= 0.6 is 0 Å². The quantitative estimate of drug-likeness (QED) is 0.815. The highest BCUT2D eigenvalue weighted by Crippen LogP contribution is 2.29. The molecule has 0 bridgehead atoms. The van der Waals surface area contributed by atoms with Crippen molar-refractivity contribution in [3.8, 4) is 5.75 Å². The molecule has 1 aromatic heterocycles. The van der Waals surface area contributed by atoms with Gasteiger partial charge in [-0.15, -0.1) is 0 Å². The standard InChI is InChI=1S/C19H26N4O4S/c1-12-13(2)17(7-6-16(12)26-5)28(24,25)22-18-14(3)20-19(21-15(18)4)23-8-10-27-11-9-23/h6-7,22H,8-11H2,1-5H3. The normalized spacial score (nSPS) is 14.8. The molecule has 1 saturated heterocycles. The number of nitrogens with one attached hydrogen (secondary N) is 1. The summed E-state index contributed by atoms with van der Waals surface area (Å²) in [6.45, 7) is 9.86. The zero-order valence-electron chi connectivity index (χ0n) is 16.9. The highest BCUT2D eigenvalue weighted by atomic mass is 32.2. The second-order valence-electron chi connectivity index (χ2n) is 6.79. The van der Waals surface area contributed by atoms with Crippen LogP contribution < -0.4 is 14.4 Å². The summed E-state index contributed by atoms with van der Waals surface area (Å²) in [4.78, 5) is 11.3. The molecule has 0 saturated carbocycles. The first-order chi connectivity index (χ1) is 13.2. The molecule has 0 amide bonds. The number of nitrogens with zero attached hydrogens (tertiary/aromatic N) is 3. The summed E-state index contributed by atoms with van der Waals surface area (Å²) in [5.74, 6) is 1.25. The van der Waals surface area contributed by atoms with Crippen LogP contribution in [0.4, 0.5) is 11.6 Å². The van der Waals surface area contributed by atoms with Crippen molar-refractivity contribution >= 4 is 21.7 Å². The highest BCUT2D eigenvalue weighted by molar-refractivity contribution is 7.92. The fourth-order valence-electron chi connectivity index (χ4n) is 3.22. The second-order valence-corrected chi connectivity index (χ2v) is 8.44. The van der Waals surface area contributed by atoms with E-state index >= 15 is 0 Å². The number of methoxy groups -OCH3 is 1. The molecular formula is C19H26N4O4S. The zero-order chi connectivity index (χ0) is 20.5. The van der Waals surface area contributed by atoms with Gasteiger partial charge in [0.2, 0.25) is 5.95 Å². The summed E-state index contributed by atoms with van der Waals surface area (Å²) in [7, 11) is -2.23. The van der Waals surface area contributed by atoms with Crippen molar-refractivity contribution in [1.29, 1.82) is 0 Å². The number of morpholine rings is 1. The molecule has 8 nitrogen and oxygen atoms in total.